The predicted octanol–water partition coefficient (Wildman–Crippen LogP) is 1.96. The van der Waals surface area contributed by atoms with Crippen molar-refractivity contribution in [2.75, 3.05) is 34.4 Å². The van der Waals surface area contributed by atoms with Crippen LogP contribution in [0.4, 0.5) is 0 Å². The summed E-state index contributed by atoms with van der Waals surface area (Å²) < 4.78 is 10.1. The van der Waals surface area contributed by atoms with Crippen molar-refractivity contribution in [2.24, 2.45) is 0 Å². The number of carbonyl (C=O) groups excluding carboxylic acids is 1. The smallest absolute Gasteiger partial charge is 0.319 e. The molecule has 4 heteroatoms. The van der Waals surface area contributed by atoms with Gasteiger partial charge >= 0.3 is 5.97 Å². The molecular weight excluding hydrogens is 242 g/mol. The maximum Gasteiger partial charge on any atom is 0.319 e. The molecule has 106 valence electrons. The molecule has 0 saturated carbocycles. The minimum absolute atomic E-state index is 0.213. The zero-order valence-electron chi connectivity index (χ0n) is 12.4. The number of methoxy groups -OCH3 is 2. The summed E-state index contributed by atoms with van der Waals surface area (Å²) in [6.45, 7) is 5.24. The molecule has 0 N–H and O–H groups in total. The van der Waals surface area contributed by atoms with Gasteiger partial charge in [-0.15, -0.1) is 0 Å². The molecule has 0 aliphatic carbocycles. The van der Waals surface area contributed by atoms with Crippen molar-refractivity contribution in [2.45, 2.75) is 20.3 Å². The van der Waals surface area contributed by atoms with Gasteiger partial charge in [0, 0.05) is 6.54 Å². The molecule has 1 rings (SSSR count). The quantitative estimate of drug-likeness (QED) is 0.737. The highest BCUT2D eigenvalue weighted by Crippen LogP contribution is 2.24. The van der Waals surface area contributed by atoms with Gasteiger partial charge in [0.05, 0.1) is 20.8 Å². The van der Waals surface area contributed by atoms with E-state index in [2.05, 4.69) is 24.7 Å². The molecule has 0 saturated heterocycles. The van der Waals surface area contributed by atoms with Gasteiger partial charge in [-0.1, -0.05) is 6.07 Å². The number of hydrogen-bond acceptors (Lipinski definition) is 4. The van der Waals surface area contributed by atoms with Crippen molar-refractivity contribution in [3.8, 4) is 5.75 Å². The van der Waals surface area contributed by atoms with Gasteiger partial charge in [-0.05, 0) is 50.1 Å². The van der Waals surface area contributed by atoms with Crippen LogP contribution in [0.3, 0.4) is 0 Å². The Morgan fingerprint density at radius 1 is 1.26 bits per heavy atom. The summed E-state index contributed by atoms with van der Waals surface area (Å²) in [6.07, 6.45) is 0.850. The molecule has 0 spiro atoms. The molecule has 0 unspecified atom stereocenters. The average Bonchev–Trinajstić information content (AvgIpc) is 2.36. The molecule has 0 aromatic heterocycles. The number of likely N-dealkylation sites (N-methyl/N-ethyl adjacent to an activating group) is 1. The Kier molecular flexibility index (Phi) is 5.83. The van der Waals surface area contributed by atoms with E-state index in [1.165, 1.54) is 23.8 Å². The standard InChI is InChI=1S/C15H23NO3/c1-11-8-12(2)13(14(9-11)18-4)6-7-16(3)10-15(17)19-5/h8-9H,6-7,10H2,1-5H3. The Bertz CT molecular complexity index is 443. The van der Waals surface area contributed by atoms with Gasteiger partial charge in [0.2, 0.25) is 0 Å². The normalized spacial score (nSPS) is 10.6. The van der Waals surface area contributed by atoms with Gasteiger partial charge in [-0.25, -0.2) is 0 Å². The molecule has 0 fully saturated rings. The second-order valence-electron chi connectivity index (χ2n) is 4.83. The van der Waals surface area contributed by atoms with Crippen LogP contribution >= 0.6 is 0 Å². The minimum Gasteiger partial charge on any atom is -0.496 e. The topological polar surface area (TPSA) is 38.8 Å². The van der Waals surface area contributed by atoms with Crippen molar-refractivity contribution in [1.82, 2.24) is 4.90 Å². The molecule has 0 radical (unpaired) electrons. The number of ether oxygens (including phenoxy) is 2. The SMILES string of the molecule is COC(=O)CN(C)CCc1c(C)cc(C)cc1OC. The lowest BCUT2D eigenvalue weighted by Gasteiger charge is -2.18. The molecule has 1 aromatic rings. The number of nitrogens with zero attached hydrogens (tertiary/aromatic N) is 1. The van der Waals surface area contributed by atoms with E-state index < -0.39 is 0 Å². The Morgan fingerprint density at radius 2 is 1.95 bits per heavy atom. The van der Waals surface area contributed by atoms with Crippen LogP contribution in [-0.4, -0.2) is 45.2 Å². The number of hydrogen-bond donors (Lipinski definition) is 0. The van der Waals surface area contributed by atoms with Crippen LogP contribution in [0.5, 0.6) is 5.75 Å². The summed E-state index contributed by atoms with van der Waals surface area (Å²) >= 11 is 0. The molecule has 0 atom stereocenters. The summed E-state index contributed by atoms with van der Waals surface area (Å²) in [5.41, 5.74) is 3.62. The van der Waals surface area contributed by atoms with E-state index in [0.717, 1.165) is 18.7 Å². The van der Waals surface area contributed by atoms with E-state index in [1.54, 1.807) is 7.11 Å². The van der Waals surface area contributed by atoms with Crippen LogP contribution in [0.15, 0.2) is 12.1 Å². The van der Waals surface area contributed by atoms with Gasteiger partial charge in [0.15, 0.2) is 0 Å². The summed E-state index contributed by atoms with van der Waals surface area (Å²) in [7, 11) is 5.01. The second kappa shape index (κ2) is 7.14. The van der Waals surface area contributed by atoms with Crippen LogP contribution in [-0.2, 0) is 16.0 Å². The van der Waals surface area contributed by atoms with Crippen LogP contribution in [0, 0.1) is 13.8 Å². The minimum atomic E-state index is -0.213. The Balaban J connectivity index is 2.69. The van der Waals surface area contributed by atoms with Crippen LogP contribution in [0.25, 0.3) is 0 Å². The van der Waals surface area contributed by atoms with Gasteiger partial charge in [0.1, 0.15) is 5.75 Å². The highest BCUT2D eigenvalue weighted by atomic mass is 16.5. The molecule has 0 bridgehead atoms. The largest absolute Gasteiger partial charge is 0.496 e. The third kappa shape index (κ3) is 4.56. The maximum atomic E-state index is 11.2. The first-order chi connectivity index (χ1) is 8.97. The summed E-state index contributed by atoms with van der Waals surface area (Å²) in [6, 6.07) is 4.20. The van der Waals surface area contributed by atoms with E-state index in [9.17, 15) is 4.79 Å². The number of carbonyl (C=O) groups is 1. The number of rotatable bonds is 6. The van der Waals surface area contributed by atoms with E-state index in [4.69, 9.17) is 4.74 Å². The van der Waals surface area contributed by atoms with Crippen LogP contribution in [0.2, 0.25) is 0 Å². The fourth-order valence-electron chi connectivity index (χ4n) is 2.13. The third-order valence-electron chi connectivity index (χ3n) is 3.17. The van der Waals surface area contributed by atoms with Gasteiger partial charge in [-0.2, -0.15) is 0 Å². The first-order valence-electron chi connectivity index (χ1n) is 6.37. The fraction of sp³-hybridized carbons (Fsp3) is 0.533. The molecule has 0 aliphatic rings. The van der Waals surface area contributed by atoms with Gasteiger partial charge < -0.3 is 9.47 Å². The summed E-state index contributed by atoms with van der Waals surface area (Å²) in [4.78, 5) is 13.1. The lowest BCUT2D eigenvalue weighted by molar-refractivity contribution is -0.141. The lowest BCUT2D eigenvalue weighted by atomic mass is 10.0. The van der Waals surface area contributed by atoms with E-state index >= 15 is 0 Å². The zero-order chi connectivity index (χ0) is 14.4. The molecule has 0 amide bonds. The number of esters is 1. The highest BCUT2D eigenvalue weighted by molar-refractivity contribution is 5.71. The monoisotopic (exact) mass is 265 g/mol. The molecule has 0 aliphatic heterocycles. The van der Waals surface area contributed by atoms with Crippen molar-refractivity contribution < 1.29 is 14.3 Å². The van der Waals surface area contributed by atoms with E-state index in [1.807, 2.05) is 18.0 Å². The second-order valence-corrected chi connectivity index (χ2v) is 4.83. The van der Waals surface area contributed by atoms with Crippen LogP contribution in [0.1, 0.15) is 16.7 Å². The van der Waals surface area contributed by atoms with E-state index in [0.29, 0.717) is 6.54 Å². The molecule has 1 aromatic carbocycles. The van der Waals surface area contributed by atoms with Gasteiger partial charge in [-0.3, -0.25) is 9.69 Å². The first-order valence-corrected chi connectivity index (χ1v) is 6.37. The summed E-state index contributed by atoms with van der Waals surface area (Å²) in [5.74, 6) is 0.707. The molecule has 0 heterocycles. The van der Waals surface area contributed by atoms with Crippen molar-refractivity contribution in [3.63, 3.8) is 0 Å². The predicted molar refractivity (Wildman–Crippen MR) is 75.7 cm³/mol. The highest BCUT2D eigenvalue weighted by Gasteiger charge is 2.11. The molecule has 4 nitrogen and oxygen atoms in total. The fourth-order valence-corrected chi connectivity index (χ4v) is 2.13. The van der Waals surface area contributed by atoms with Crippen molar-refractivity contribution >= 4 is 5.97 Å². The maximum absolute atomic E-state index is 11.2. The Morgan fingerprint density at radius 3 is 2.53 bits per heavy atom. The van der Waals surface area contributed by atoms with Crippen molar-refractivity contribution in [1.29, 1.82) is 0 Å². The number of benzene rings is 1. The van der Waals surface area contributed by atoms with E-state index in [-0.39, 0.29) is 5.97 Å². The third-order valence-corrected chi connectivity index (χ3v) is 3.17. The Hall–Kier alpha value is -1.55. The molecule has 19 heavy (non-hydrogen) atoms. The molecular formula is C15H23NO3. The number of aryl methyl sites for hydroxylation is 2. The first kappa shape index (κ1) is 15.5. The van der Waals surface area contributed by atoms with Crippen molar-refractivity contribution in [3.05, 3.63) is 28.8 Å². The average molecular weight is 265 g/mol. The Labute approximate surface area is 115 Å². The lowest BCUT2D eigenvalue weighted by Crippen LogP contribution is -2.28. The summed E-state index contributed by atoms with van der Waals surface area (Å²) in [5, 5.41) is 0. The zero-order valence-corrected chi connectivity index (χ0v) is 12.4. The van der Waals surface area contributed by atoms with Gasteiger partial charge in [0.25, 0.3) is 0 Å². The van der Waals surface area contributed by atoms with Crippen LogP contribution < -0.4 is 4.74 Å².